The fourth-order valence-electron chi connectivity index (χ4n) is 2.04. The summed E-state index contributed by atoms with van der Waals surface area (Å²) in [5.41, 5.74) is 2.50. The Labute approximate surface area is 148 Å². The fraction of sp³-hybridized carbons (Fsp3) is 0.529. The molecule has 0 fully saturated rings. The Bertz CT molecular complexity index is 690. The molecule has 0 amide bonds. The first-order chi connectivity index (χ1) is 11.4. The van der Waals surface area contributed by atoms with Crippen LogP contribution in [0.25, 0.3) is 0 Å². The van der Waals surface area contributed by atoms with Gasteiger partial charge in [-0.25, -0.2) is 0 Å². The second-order valence-corrected chi connectivity index (χ2v) is 13.3. The largest absolute Gasteiger partial charge is 0.417 e. The first-order valence-electron chi connectivity index (χ1n) is 8.01. The molecule has 0 aliphatic heterocycles. The molecule has 25 heavy (non-hydrogen) atoms. The Morgan fingerprint density at radius 2 is 1.68 bits per heavy atom. The number of rotatable bonds is 6. The third-order valence-corrected chi connectivity index (χ3v) is 5.92. The molecule has 0 aliphatic rings. The highest BCUT2D eigenvalue weighted by Crippen LogP contribution is 2.51. The molecular formula is C17H24F3O3PSi. The Morgan fingerprint density at radius 1 is 1.12 bits per heavy atom. The highest BCUT2D eigenvalue weighted by molar-refractivity contribution is 7.53. The minimum atomic E-state index is -4.49. The second kappa shape index (κ2) is 8.55. The highest BCUT2D eigenvalue weighted by atomic mass is 31.2. The van der Waals surface area contributed by atoms with Crippen LogP contribution in [0, 0.1) is 11.5 Å². The van der Waals surface area contributed by atoms with Crippen molar-refractivity contribution in [2.75, 3.05) is 13.2 Å². The van der Waals surface area contributed by atoms with E-state index < -0.39 is 27.4 Å². The van der Waals surface area contributed by atoms with Gasteiger partial charge in [-0.3, -0.25) is 4.57 Å². The second-order valence-electron chi connectivity index (χ2n) is 6.48. The van der Waals surface area contributed by atoms with Crippen LogP contribution in [0.3, 0.4) is 0 Å². The SMILES string of the molecule is CCOP(=O)(Cc1ccc(C(F)(F)F)c(C#C[Si](C)(C)C)c1)OCC. The third-order valence-electron chi connectivity index (χ3n) is 2.99. The van der Waals surface area contributed by atoms with Crippen LogP contribution in [-0.4, -0.2) is 21.3 Å². The van der Waals surface area contributed by atoms with Gasteiger partial charge in [-0.2, -0.15) is 13.2 Å². The van der Waals surface area contributed by atoms with Crippen molar-refractivity contribution in [2.45, 2.75) is 45.8 Å². The van der Waals surface area contributed by atoms with E-state index in [1.165, 1.54) is 12.1 Å². The molecule has 0 N–H and O–H groups in total. The molecule has 0 unspecified atom stereocenters. The minimum absolute atomic E-state index is 0.0888. The molecule has 0 radical (unpaired) electrons. The van der Waals surface area contributed by atoms with Gasteiger partial charge in [0.25, 0.3) is 0 Å². The summed E-state index contributed by atoms with van der Waals surface area (Å²) in [4.78, 5) is 0. The first kappa shape index (κ1) is 22.0. The fourth-order valence-corrected chi connectivity index (χ4v) is 4.24. The zero-order chi connectivity index (χ0) is 19.3. The summed E-state index contributed by atoms with van der Waals surface area (Å²) in [6.45, 7) is 9.62. The van der Waals surface area contributed by atoms with E-state index in [1.54, 1.807) is 13.8 Å². The third kappa shape index (κ3) is 7.37. The topological polar surface area (TPSA) is 35.5 Å². The molecule has 3 nitrogen and oxygen atoms in total. The summed E-state index contributed by atoms with van der Waals surface area (Å²) in [5, 5.41) is 0. The van der Waals surface area contributed by atoms with Gasteiger partial charge in [-0.05, 0) is 31.5 Å². The highest BCUT2D eigenvalue weighted by Gasteiger charge is 2.34. The minimum Gasteiger partial charge on any atom is -0.309 e. The van der Waals surface area contributed by atoms with E-state index in [2.05, 4.69) is 11.5 Å². The maximum absolute atomic E-state index is 13.2. The maximum atomic E-state index is 13.2. The molecule has 0 spiro atoms. The van der Waals surface area contributed by atoms with Gasteiger partial charge in [0, 0.05) is 5.56 Å². The van der Waals surface area contributed by atoms with Gasteiger partial charge < -0.3 is 9.05 Å². The van der Waals surface area contributed by atoms with Crippen LogP contribution in [0.5, 0.6) is 0 Å². The monoisotopic (exact) mass is 392 g/mol. The van der Waals surface area contributed by atoms with Crippen LogP contribution in [-0.2, 0) is 26.0 Å². The quantitative estimate of drug-likeness (QED) is 0.354. The Morgan fingerprint density at radius 3 is 2.12 bits per heavy atom. The average molecular weight is 392 g/mol. The molecule has 0 saturated heterocycles. The Balaban J connectivity index is 3.32. The molecule has 1 aromatic carbocycles. The van der Waals surface area contributed by atoms with Crippen LogP contribution < -0.4 is 0 Å². The van der Waals surface area contributed by atoms with Gasteiger partial charge in [0.05, 0.1) is 24.9 Å². The molecular weight excluding hydrogens is 368 g/mol. The smallest absolute Gasteiger partial charge is 0.309 e. The number of hydrogen-bond acceptors (Lipinski definition) is 3. The van der Waals surface area contributed by atoms with Crippen molar-refractivity contribution in [2.24, 2.45) is 0 Å². The van der Waals surface area contributed by atoms with E-state index in [9.17, 15) is 17.7 Å². The number of halogens is 3. The lowest BCUT2D eigenvalue weighted by Gasteiger charge is -2.18. The number of hydrogen-bond donors (Lipinski definition) is 0. The van der Waals surface area contributed by atoms with Crippen LogP contribution in [0.1, 0.15) is 30.5 Å². The van der Waals surface area contributed by atoms with E-state index in [1.807, 2.05) is 19.6 Å². The van der Waals surface area contributed by atoms with E-state index in [0.717, 1.165) is 6.07 Å². The summed E-state index contributed by atoms with van der Waals surface area (Å²) in [5.74, 6) is 2.67. The lowest BCUT2D eigenvalue weighted by Crippen LogP contribution is -2.17. The molecule has 8 heteroatoms. The molecule has 0 heterocycles. The molecule has 140 valence electrons. The molecule has 0 aromatic heterocycles. The van der Waals surface area contributed by atoms with Crippen molar-refractivity contribution in [1.82, 2.24) is 0 Å². The number of alkyl halides is 3. The van der Waals surface area contributed by atoms with Crippen LogP contribution in [0.4, 0.5) is 13.2 Å². The van der Waals surface area contributed by atoms with Gasteiger partial charge >= 0.3 is 13.8 Å². The molecule has 0 aliphatic carbocycles. The summed E-state index contributed by atoms with van der Waals surface area (Å²) in [6.07, 6.45) is -4.58. The lowest BCUT2D eigenvalue weighted by atomic mass is 10.0. The summed E-state index contributed by atoms with van der Waals surface area (Å²) in [6, 6.07) is 3.61. The average Bonchev–Trinajstić information content (AvgIpc) is 2.43. The standard InChI is InChI=1S/C17H24F3O3PSi/c1-6-22-24(21,23-7-2)13-14-8-9-16(17(18,19)20)15(12-14)10-11-25(3,4)5/h8-9,12H,6-7,13H2,1-5H3. The van der Waals surface area contributed by atoms with Crippen molar-refractivity contribution >= 4 is 15.7 Å². The van der Waals surface area contributed by atoms with Crippen molar-refractivity contribution in [3.05, 3.63) is 34.9 Å². The lowest BCUT2D eigenvalue weighted by molar-refractivity contribution is -0.137. The van der Waals surface area contributed by atoms with Crippen LogP contribution in [0.15, 0.2) is 18.2 Å². The van der Waals surface area contributed by atoms with E-state index in [-0.39, 0.29) is 24.9 Å². The van der Waals surface area contributed by atoms with Crippen molar-refractivity contribution < 1.29 is 26.8 Å². The van der Waals surface area contributed by atoms with E-state index in [4.69, 9.17) is 9.05 Å². The summed E-state index contributed by atoms with van der Waals surface area (Å²) >= 11 is 0. The molecule has 0 atom stereocenters. The number of benzene rings is 1. The van der Waals surface area contributed by atoms with Crippen LogP contribution >= 0.6 is 7.60 Å². The van der Waals surface area contributed by atoms with E-state index in [0.29, 0.717) is 5.56 Å². The zero-order valence-corrected chi connectivity index (χ0v) is 17.1. The van der Waals surface area contributed by atoms with E-state index >= 15 is 0 Å². The van der Waals surface area contributed by atoms with Gasteiger partial charge in [-0.1, -0.05) is 31.6 Å². The summed E-state index contributed by atoms with van der Waals surface area (Å²) in [7, 11) is -5.23. The van der Waals surface area contributed by atoms with Gasteiger partial charge in [0.15, 0.2) is 0 Å². The van der Waals surface area contributed by atoms with Gasteiger partial charge in [0.1, 0.15) is 8.07 Å². The Hall–Kier alpha value is -1.06. The molecule has 1 rings (SSSR count). The first-order valence-corrected chi connectivity index (χ1v) is 13.2. The predicted octanol–water partition coefficient (Wildman–Crippen LogP) is 5.70. The van der Waals surface area contributed by atoms with Crippen molar-refractivity contribution in [3.8, 4) is 11.5 Å². The van der Waals surface area contributed by atoms with Crippen LogP contribution in [0.2, 0.25) is 19.6 Å². The van der Waals surface area contributed by atoms with Crippen molar-refractivity contribution in [1.29, 1.82) is 0 Å². The van der Waals surface area contributed by atoms with Gasteiger partial charge in [-0.15, -0.1) is 5.54 Å². The summed E-state index contributed by atoms with van der Waals surface area (Å²) < 4.78 is 62.7. The van der Waals surface area contributed by atoms with Crippen molar-refractivity contribution in [3.63, 3.8) is 0 Å². The molecule has 1 aromatic rings. The predicted molar refractivity (Wildman–Crippen MR) is 96.2 cm³/mol. The normalized spacial score (nSPS) is 12.6. The molecule has 0 bridgehead atoms. The Kier molecular flexibility index (Phi) is 7.51. The van der Waals surface area contributed by atoms with Gasteiger partial charge in [0.2, 0.25) is 0 Å². The molecule has 0 saturated carbocycles. The zero-order valence-electron chi connectivity index (χ0n) is 15.2. The maximum Gasteiger partial charge on any atom is 0.417 e.